The summed E-state index contributed by atoms with van der Waals surface area (Å²) in [5.41, 5.74) is 4.40. The summed E-state index contributed by atoms with van der Waals surface area (Å²) in [7, 11) is 0. The van der Waals surface area contributed by atoms with Crippen LogP contribution in [0.1, 0.15) is 13.8 Å². The van der Waals surface area contributed by atoms with Crippen molar-refractivity contribution in [3.8, 4) is 0 Å². The van der Waals surface area contributed by atoms with E-state index >= 15 is 0 Å². The van der Waals surface area contributed by atoms with Gasteiger partial charge in [0.2, 0.25) is 0 Å². The van der Waals surface area contributed by atoms with E-state index < -0.39 is 0 Å². The van der Waals surface area contributed by atoms with E-state index in [2.05, 4.69) is 56.5 Å². The molecule has 2 aromatic carbocycles. The first kappa shape index (κ1) is 14.2. The molecule has 3 rings (SSSR count). The molecule has 6 heteroatoms. The van der Waals surface area contributed by atoms with Crippen molar-refractivity contribution in [2.75, 3.05) is 18.0 Å². The molecule has 0 aliphatic rings. The maximum absolute atomic E-state index is 4.27. The Balaban J connectivity index is 1.77. The summed E-state index contributed by atoms with van der Waals surface area (Å²) in [5, 5.41) is 19.2. The van der Waals surface area contributed by atoms with Gasteiger partial charge in [-0.05, 0) is 56.3 Å². The molecule has 0 saturated carbocycles. The Bertz CT molecular complexity index is 771. The number of benzene rings is 2. The van der Waals surface area contributed by atoms with E-state index in [1.165, 1.54) is 5.69 Å². The molecule has 0 saturated heterocycles. The summed E-state index contributed by atoms with van der Waals surface area (Å²) >= 11 is 0. The minimum absolute atomic E-state index is 0.759. The first-order valence-electron chi connectivity index (χ1n) is 7.37. The van der Waals surface area contributed by atoms with Crippen molar-refractivity contribution in [1.82, 2.24) is 15.4 Å². The molecule has 0 fully saturated rings. The Labute approximate surface area is 128 Å². The van der Waals surface area contributed by atoms with Crippen LogP contribution in [-0.4, -0.2) is 28.5 Å². The third-order valence-electron chi connectivity index (χ3n) is 3.56. The molecule has 0 unspecified atom stereocenters. The molecule has 0 amide bonds. The number of anilines is 1. The third-order valence-corrected chi connectivity index (χ3v) is 3.56. The number of fused-ring (bicyclic) bond motifs is 1. The molecule has 6 nitrogen and oxygen atoms in total. The fourth-order valence-corrected chi connectivity index (χ4v) is 2.33. The number of hydrogen-bond donors (Lipinski definition) is 1. The van der Waals surface area contributed by atoms with Crippen molar-refractivity contribution < 1.29 is 0 Å². The van der Waals surface area contributed by atoms with Gasteiger partial charge in [0.15, 0.2) is 0 Å². The zero-order valence-corrected chi connectivity index (χ0v) is 12.7. The monoisotopic (exact) mass is 294 g/mol. The number of azo groups is 1. The molecule has 0 spiro atoms. The Hall–Kier alpha value is -2.76. The minimum Gasteiger partial charge on any atom is -0.372 e. The quantitative estimate of drug-likeness (QED) is 0.716. The summed E-state index contributed by atoms with van der Waals surface area (Å²) < 4.78 is 0. The van der Waals surface area contributed by atoms with Gasteiger partial charge in [-0.3, -0.25) is 0 Å². The number of H-pyrrole nitrogens is 1. The fourth-order valence-electron chi connectivity index (χ4n) is 2.33. The van der Waals surface area contributed by atoms with Crippen LogP contribution < -0.4 is 4.90 Å². The van der Waals surface area contributed by atoms with E-state index in [1.807, 2.05) is 30.3 Å². The van der Waals surface area contributed by atoms with E-state index in [0.29, 0.717) is 0 Å². The molecule has 0 bridgehead atoms. The summed E-state index contributed by atoms with van der Waals surface area (Å²) in [4.78, 5) is 2.29. The van der Waals surface area contributed by atoms with Crippen LogP contribution in [0.4, 0.5) is 17.1 Å². The second-order valence-electron chi connectivity index (χ2n) is 4.89. The normalized spacial score (nSPS) is 11.4. The van der Waals surface area contributed by atoms with Crippen LogP contribution >= 0.6 is 0 Å². The van der Waals surface area contributed by atoms with E-state index in [9.17, 15) is 0 Å². The van der Waals surface area contributed by atoms with Crippen LogP contribution in [0.2, 0.25) is 0 Å². The highest BCUT2D eigenvalue weighted by Crippen LogP contribution is 2.23. The number of nitrogens with one attached hydrogen (secondary N) is 1. The lowest BCUT2D eigenvalue weighted by Crippen LogP contribution is -2.21. The van der Waals surface area contributed by atoms with Crippen molar-refractivity contribution in [3.63, 3.8) is 0 Å². The highest BCUT2D eigenvalue weighted by molar-refractivity contribution is 5.76. The van der Waals surface area contributed by atoms with E-state index in [-0.39, 0.29) is 0 Å². The highest BCUT2D eigenvalue weighted by atomic mass is 15.3. The average molecular weight is 294 g/mol. The predicted molar refractivity (Wildman–Crippen MR) is 88.1 cm³/mol. The van der Waals surface area contributed by atoms with Crippen molar-refractivity contribution in [1.29, 1.82) is 0 Å². The molecule has 1 heterocycles. The maximum atomic E-state index is 4.27. The van der Waals surface area contributed by atoms with Gasteiger partial charge in [0.1, 0.15) is 11.0 Å². The Morgan fingerprint density at radius 3 is 2.23 bits per heavy atom. The summed E-state index contributed by atoms with van der Waals surface area (Å²) in [6.07, 6.45) is 0. The number of aromatic nitrogens is 3. The number of hydrogen-bond acceptors (Lipinski definition) is 5. The van der Waals surface area contributed by atoms with Gasteiger partial charge in [-0.25, -0.2) is 0 Å². The zero-order chi connectivity index (χ0) is 15.4. The molecule has 1 N–H and O–H groups in total. The predicted octanol–water partition coefficient (Wildman–Crippen LogP) is 4.22. The van der Waals surface area contributed by atoms with Crippen LogP contribution in [0.5, 0.6) is 0 Å². The van der Waals surface area contributed by atoms with Crippen molar-refractivity contribution >= 4 is 28.1 Å². The largest absolute Gasteiger partial charge is 0.372 e. The maximum Gasteiger partial charge on any atom is 0.115 e. The molecule has 22 heavy (non-hydrogen) atoms. The summed E-state index contributed by atoms with van der Waals surface area (Å²) in [5.74, 6) is 0. The Morgan fingerprint density at radius 2 is 1.50 bits per heavy atom. The number of rotatable bonds is 5. The molecule has 1 aromatic heterocycles. The van der Waals surface area contributed by atoms with E-state index in [0.717, 1.165) is 35.5 Å². The lowest BCUT2D eigenvalue weighted by atomic mass is 10.2. The molecule has 112 valence electrons. The van der Waals surface area contributed by atoms with Crippen LogP contribution in [0.15, 0.2) is 52.7 Å². The molecule has 0 aliphatic heterocycles. The van der Waals surface area contributed by atoms with Gasteiger partial charge in [0.05, 0.1) is 11.4 Å². The highest BCUT2D eigenvalue weighted by Gasteiger charge is 2.01. The summed E-state index contributed by atoms with van der Waals surface area (Å²) in [6.45, 7) is 6.29. The lowest BCUT2D eigenvalue weighted by molar-refractivity contribution is 0.866. The molecule has 0 atom stereocenters. The standard InChI is InChI=1S/C16H18N6/c1-3-22(4-2)14-8-5-12(6-9-14)17-18-13-7-10-15-16(11-13)20-21-19-15/h5-11H,3-4H2,1-2H3,(H,19,20,21). The van der Waals surface area contributed by atoms with Crippen LogP contribution in [-0.2, 0) is 0 Å². The number of nitrogens with zero attached hydrogens (tertiary/aromatic N) is 5. The SMILES string of the molecule is CCN(CC)c1ccc(N=Nc2ccc3n[nH]nc3c2)cc1. The Morgan fingerprint density at radius 1 is 0.864 bits per heavy atom. The zero-order valence-electron chi connectivity index (χ0n) is 12.7. The van der Waals surface area contributed by atoms with Gasteiger partial charge in [-0.15, -0.1) is 0 Å². The van der Waals surface area contributed by atoms with Crippen molar-refractivity contribution in [2.24, 2.45) is 10.2 Å². The van der Waals surface area contributed by atoms with E-state index in [4.69, 9.17) is 0 Å². The van der Waals surface area contributed by atoms with Gasteiger partial charge in [-0.2, -0.15) is 25.6 Å². The smallest absolute Gasteiger partial charge is 0.115 e. The van der Waals surface area contributed by atoms with Crippen LogP contribution in [0.25, 0.3) is 11.0 Å². The molecular weight excluding hydrogens is 276 g/mol. The molecule has 0 aliphatic carbocycles. The first-order valence-corrected chi connectivity index (χ1v) is 7.37. The molecule has 0 radical (unpaired) electrons. The summed E-state index contributed by atoms with van der Waals surface area (Å²) in [6, 6.07) is 13.7. The van der Waals surface area contributed by atoms with Crippen molar-refractivity contribution in [2.45, 2.75) is 13.8 Å². The van der Waals surface area contributed by atoms with Gasteiger partial charge < -0.3 is 4.90 Å². The van der Waals surface area contributed by atoms with Gasteiger partial charge in [-0.1, -0.05) is 0 Å². The minimum atomic E-state index is 0.759. The van der Waals surface area contributed by atoms with Crippen LogP contribution in [0.3, 0.4) is 0 Å². The molecule has 3 aromatic rings. The Kier molecular flexibility index (Phi) is 4.09. The second-order valence-corrected chi connectivity index (χ2v) is 4.89. The van der Waals surface area contributed by atoms with Gasteiger partial charge >= 0.3 is 0 Å². The topological polar surface area (TPSA) is 69.5 Å². The van der Waals surface area contributed by atoms with Gasteiger partial charge in [0, 0.05) is 18.8 Å². The average Bonchev–Trinajstić information content (AvgIpc) is 3.03. The van der Waals surface area contributed by atoms with Crippen molar-refractivity contribution in [3.05, 3.63) is 42.5 Å². The second kappa shape index (κ2) is 6.34. The molecular formula is C16H18N6. The lowest BCUT2D eigenvalue weighted by Gasteiger charge is -2.20. The first-order chi connectivity index (χ1) is 10.8. The number of aromatic amines is 1. The fraction of sp³-hybridized carbons (Fsp3) is 0.250. The van der Waals surface area contributed by atoms with Gasteiger partial charge in [0.25, 0.3) is 0 Å². The third kappa shape index (κ3) is 2.95. The van der Waals surface area contributed by atoms with Crippen LogP contribution in [0, 0.1) is 0 Å². The van der Waals surface area contributed by atoms with E-state index in [1.54, 1.807) is 0 Å².